The maximum Gasteiger partial charge on any atom is 0.156 e. The quantitative estimate of drug-likeness (QED) is 0.343. The molecule has 3 heteroatoms. The first-order valence-corrected chi connectivity index (χ1v) is 10.6. The Bertz CT molecular complexity index is 1320. The lowest BCUT2D eigenvalue weighted by Crippen LogP contribution is -2.11. The molecule has 0 fully saturated rings. The third-order valence-corrected chi connectivity index (χ3v) is 5.70. The molecule has 31 heavy (non-hydrogen) atoms. The zero-order valence-corrected chi connectivity index (χ0v) is 18.1. The van der Waals surface area contributed by atoms with Gasteiger partial charge in [0, 0.05) is 17.3 Å². The van der Waals surface area contributed by atoms with E-state index in [2.05, 4.69) is 93.6 Å². The van der Waals surface area contributed by atoms with Crippen LogP contribution in [0.15, 0.2) is 91.0 Å². The van der Waals surface area contributed by atoms with Crippen LogP contribution in [0.1, 0.15) is 39.6 Å². The molecule has 3 aromatic carbocycles. The van der Waals surface area contributed by atoms with Gasteiger partial charge < -0.3 is 0 Å². The number of aromatic nitrogens is 3. The Hall–Kier alpha value is -3.72. The van der Waals surface area contributed by atoms with Gasteiger partial charge in [0.25, 0.3) is 0 Å². The zero-order chi connectivity index (χ0) is 21.4. The van der Waals surface area contributed by atoms with E-state index in [4.69, 9.17) is 10.1 Å². The van der Waals surface area contributed by atoms with Crippen LogP contribution in [0, 0.1) is 20.8 Å². The number of nitrogens with zero attached hydrogens (tertiary/aromatic N) is 3. The number of hydrogen-bond donors (Lipinski definition) is 0. The van der Waals surface area contributed by atoms with Crippen molar-refractivity contribution in [2.24, 2.45) is 0 Å². The molecule has 0 saturated carbocycles. The van der Waals surface area contributed by atoms with Crippen molar-refractivity contribution in [1.29, 1.82) is 0 Å². The third kappa shape index (κ3) is 3.75. The predicted molar refractivity (Wildman–Crippen MR) is 126 cm³/mol. The molecule has 0 bridgehead atoms. The van der Waals surface area contributed by atoms with Crippen molar-refractivity contribution < 1.29 is 0 Å². The van der Waals surface area contributed by atoms with Crippen LogP contribution < -0.4 is 0 Å². The molecule has 0 saturated heterocycles. The molecule has 0 spiro atoms. The van der Waals surface area contributed by atoms with Crippen molar-refractivity contribution in [3.63, 3.8) is 0 Å². The Morgan fingerprint density at radius 3 is 1.94 bits per heavy atom. The van der Waals surface area contributed by atoms with Gasteiger partial charge in [-0.1, -0.05) is 90.0 Å². The largest absolute Gasteiger partial charge is 0.234 e. The molecule has 2 heterocycles. The van der Waals surface area contributed by atoms with Gasteiger partial charge in [-0.2, -0.15) is 5.10 Å². The molecule has 0 radical (unpaired) electrons. The molecule has 0 amide bonds. The van der Waals surface area contributed by atoms with Crippen LogP contribution in [0.25, 0.3) is 16.9 Å². The molecule has 0 aliphatic rings. The Morgan fingerprint density at radius 2 is 1.32 bits per heavy atom. The minimum atomic E-state index is 0.0625. The Labute approximate surface area is 183 Å². The number of benzene rings is 3. The summed E-state index contributed by atoms with van der Waals surface area (Å²) in [6.07, 6.45) is 0. The van der Waals surface area contributed by atoms with Gasteiger partial charge in [0.2, 0.25) is 0 Å². The van der Waals surface area contributed by atoms with E-state index in [-0.39, 0.29) is 5.92 Å². The van der Waals surface area contributed by atoms with E-state index in [0.717, 1.165) is 28.3 Å². The van der Waals surface area contributed by atoms with E-state index in [1.54, 1.807) is 0 Å². The van der Waals surface area contributed by atoms with E-state index in [9.17, 15) is 0 Å². The van der Waals surface area contributed by atoms with E-state index >= 15 is 0 Å². The van der Waals surface area contributed by atoms with Crippen LogP contribution in [-0.4, -0.2) is 14.6 Å². The zero-order valence-electron chi connectivity index (χ0n) is 18.1. The van der Waals surface area contributed by atoms with Gasteiger partial charge in [-0.3, -0.25) is 0 Å². The fourth-order valence-corrected chi connectivity index (χ4v) is 4.32. The highest BCUT2D eigenvalue weighted by atomic mass is 15.3. The molecule has 5 aromatic rings. The predicted octanol–water partition coefficient (Wildman–Crippen LogP) is 6.50. The van der Waals surface area contributed by atoms with Gasteiger partial charge in [0.1, 0.15) is 0 Å². The Morgan fingerprint density at radius 1 is 0.677 bits per heavy atom. The van der Waals surface area contributed by atoms with Crippen molar-refractivity contribution in [3.05, 3.63) is 125 Å². The Balaban J connectivity index is 1.77. The lowest BCUT2D eigenvalue weighted by atomic mass is 9.86. The second-order valence-corrected chi connectivity index (χ2v) is 8.25. The monoisotopic (exact) mass is 403 g/mol. The van der Waals surface area contributed by atoms with Gasteiger partial charge >= 0.3 is 0 Å². The summed E-state index contributed by atoms with van der Waals surface area (Å²) in [5.74, 6) is 0.0625. The first-order chi connectivity index (χ1) is 15.1. The molecule has 0 aliphatic carbocycles. The van der Waals surface area contributed by atoms with Gasteiger partial charge in [-0.25, -0.2) is 9.50 Å². The SMILES string of the molecule is Cc1cccc(C(c2cccc(C)c2)c2cc(C)nc3cc(-c4ccccc4)nn23)c1. The summed E-state index contributed by atoms with van der Waals surface area (Å²) < 4.78 is 2.02. The lowest BCUT2D eigenvalue weighted by Gasteiger charge is -2.21. The summed E-state index contributed by atoms with van der Waals surface area (Å²) in [6.45, 7) is 6.35. The molecule has 0 N–H and O–H groups in total. The molecule has 0 aliphatic heterocycles. The van der Waals surface area contributed by atoms with Crippen LogP contribution in [-0.2, 0) is 0 Å². The summed E-state index contributed by atoms with van der Waals surface area (Å²) in [5.41, 5.74) is 10.0. The fraction of sp³-hybridized carbons (Fsp3) is 0.143. The normalized spacial score (nSPS) is 11.4. The lowest BCUT2D eigenvalue weighted by molar-refractivity contribution is 0.800. The average molecular weight is 404 g/mol. The summed E-state index contributed by atoms with van der Waals surface area (Å²) in [4.78, 5) is 4.79. The highest BCUT2D eigenvalue weighted by Gasteiger charge is 2.22. The maximum atomic E-state index is 4.99. The summed E-state index contributed by atoms with van der Waals surface area (Å²) >= 11 is 0. The minimum Gasteiger partial charge on any atom is -0.234 e. The van der Waals surface area contributed by atoms with Crippen LogP contribution in [0.3, 0.4) is 0 Å². The maximum absolute atomic E-state index is 4.99. The van der Waals surface area contributed by atoms with Crippen molar-refractivity contribution >= 4 is 5.65 Å². The molecular weight excluding hydrogens is 378 g/mol. The molecule has 0 atom stereocenters. The standard InChI is InChI=1S/C28H25N3/c1-19-9-7-13-23(15-19)28(24-14-8-10-20(2)16-24)26-17-21(3)29-27-18-25(30-31(26)27)22-11-5-4-6-12-22/h4-18,28H,1-3H3. The highest BCUT2D eigenvalue weighted by molar-refractivity contribution is 5.64. The number of hydrogen-bond acceptors (Lipinski definition) is 2. The molecular formula is C28H25N3. The van der Waals surface area contributed by atoms with Gasteiger partial charge in [0.15, 0.2) is 5.65 Å². The summed E-state index contributed by atoms with van der Waals surface area (Å²) in [7, 11) is 0. The van der Waals surface area contributed by atoms with E-state index in [1.165, 1.54) is 22.3 Å². The van der Waals surface area contributed by atoms with Crippen LogP contribution in [0.5, 0.6) is 0 Å². The van der Waals surface area contributed by atoms with E-state index in [0.29, 0.717) is 0 Å². The topological polar surface area (TPSA) is 30.2 Å². The van der Waals surface area contributed by atoms with Gasteiger partial charge in [-0.15, -0.1) is 0 Å². The second kappa shape index (κ2) is 7.84. The molecule has 3 nitrogen and oxygen atoms in total. The van der Waals surface area contributed by atoms with Crippen molar-refractivity contribution in [3.8, 4) is 11.3 Å². The van der Waals surface area contributed by atoms with Gasteiger partial charge in [-0.05, 0) is 38.0 Å². The van der Waals surface area contributed by atoms with Crippen LogP contribution in [0.4, 0.5) is 0 Å². The van der Waals surface area contributed by atoms with E-state index < -0.39 is 0 Å². The van der Waals surface area contributed by atoms with Crippen LogP contribution in [0.2, 0.25) is 0 Å². The minimum absolute atomic E-state index is 0.0625. The molecule has 152 valence electrons. The van der Waals surface area contributed by atoms with Crippen molar-refractivity contribution in [2.45, 2.75) is 26.7 Å². The summed E-state index contributed by atoms with van der Waals surface area (Å²) in [5, 5.41) is 4.99. The average Bonchev–Trinajstić information content (AvgIpc) is 3.19. The number of aryl methyl sites for hydroxylation is 3. The molecule has 5 rings (SSSR count). The first-order valence-electron chi connectivity index (χ1n) is 10.6. The van der Waals surface area contributed by atoms with Crippen molar-refractivity contribution in [1.82, 2.24) is 14.6 Å². The highest BCUT2D eigenvalue weighted by Crippen LogP contribution is 2.34. The number of fused-ring (bicyclic) bond motifs is 1. The number of rotatable bonds is 4. The van der Waals surface area contributed by atoms with E-state index in [1.807, 2.05) is 22.7 Å². The first kappa shape index (κ1) is 19.3. The molecule has 0 unspecified atom stereocenters. The third-order valence-electron chi connectivity index (χ3n) is 5.70. The Kier molecular flexibility index (Phi) is 4.87. The van der Waals surface area contributed by atoms with Crippen LogP contribution >= 0.6 is 0 Å². The second-order valence-electron chi connectivity index (χ2n) is 8.25. The summed E-state index contributed by atoms with van der Waals surface area (Å²) in [6, 6.07) is 32.1. The molecule has 2 aromatic heterocycles. The van der Waals surface area contributed by atoms with Crippen molar-refractivity contribution in [2.75, 3.05) is 0 Å². The fourth-order valence-electron chi connectivity index (χ4n) is 4.32. The van der Waals surface area contributed by atoms with Gasteiger partial charge in [0.05, 0.1) is 17.3 Å². The smallest absolute Gasteiger partial charge is 0.156 e.